The standard InChI is InChI=1S/C21H22N4O4/c26-18(22-10-12-24-11-4-9-19(24)27)13-16-20(28)25(21(29)23-16)17-8-3-6-14-5-1-2-7-15(14)17/h1-3,5-8,16H,4,9-13H2,(H,22,26)(H,23,29). The van der Waals surface area contributed by atoms with Crippen LogP contribution in [0.4, 0.5) is 10.5 Å². The van der Waals surface area contributed by atoms with Crippen molar-refractivity contribution in [2.24, 2.45) is 0 Å². The fourth-order valence-electron chi connectivity index (χ4n) is 3.83. The Labute approximate surface area is 167 Å². The fraction of sp³-hybridized carbons (Fsp3) is 0.333. The molecule has 0 spiro atoms. The number of rotatable bonds is 6. The van der Waals surface area contributed by atoms with E-state index in [1.165, 1.54) is 0 Å². The van der Waals surface area contributed by atoms with E-state index in [9.17, 15) is 19.2 Å². The minimum Gasteiger partial charge on any atom is -0.354 e. The van der Waals surface area contributed by atoms with Crippen LogP contribution in [0.25, 0.3) is 10.8 Å². The summed E-state index contributed by atoms with van der Waals surface area (Å²) in [6.07, 6.45) is 1.26. The van der Waals surface area contributed by atoms with Crippen LogP contribution >= 0.6 is 0 Å². The highest BCUT2D eigenvalue weighted by atomic mass is 16.2. The zero-order chi connectivity index (χ0) is 20.4. The van der Waals surface area contributed by atoms with Gasteiger partial charge in [-0.05, 0) is 17.9 Å². The number of amides is 5. The Balaban J connectivity index is 1.39. The lowest BCUT2D eigenvalue weighted by molar-refractivity contribution is -0.128. The van der Waals surface area contributed by atoms with Gasteiger partial charge in [-0.1, -0.05) is 36.4 Å². The van der Waals surface area contributed by atoms with Crippen LogP contribution in [-0.4, -0.2) is 54.3 Å². The number of nitrogens with one attached hydrogen (secondary N) is 2. The van der Waals surface area contributed by atoms with Crippen LogP contribution in [0.1, 0.15) is 19.3 Å². The number of nitrogens with zero attached hydrogens (tertiary/aromatic N) is 2. The van der Waals surface area contributed by atoms with Gasteiger partial charge in [0.2, 0.25) is 11.8 Å². The molecule has 2 aromatic rings. The summed E-state index contributed by atoms with van der Waals surface area (Å²) in [7, 11) is 0. The fourth-order valence-corrected chi connectivity index (χ4v) is 3.83. The van der Waals surface area contributed by atoms with Crippen molar-refractivity contribution in [3.63, 3.8) is 0 Å². The van der Waals surface area contributed by atoms with Crippen molar-refractivity contribution in [3.8, 4) is 0 Å². The van der Waals surface area contributed by atoms with Crippen LogP contribution < -0.4 is 15.5 Å². The highest BCUT2D eigenvalue weighted by molar-refractivity contribution is 6.24. The zero-order valence-corrected chi connectivity index (χ0v) is 15.9. The molecule has 29 heavy (non-hydrogen) atoms. The zero-order valence-electron chi connectivity index (χ0n) is 15.9. The van der Waals surface area contributed by atoms with E-state index >= 15 is 0 Å². The van der Waals surface area contributed by atoms with Crippen LogP contribution in [0.3, 0.4) is 0 Å². The Bertz CT molecular complexity index is 984. The molecule has 2 saturated heterocycles. The van der Waals surface area contributed by atoms with E-state index in [4.69, 9.17) is 0 Å². The summed E-state index contributed by atoms with van der Waals surface area (Å²) in [4.78, 5) is 51.9. The van der Waals surface area contributed by atoms with E-state index in [2.05, 4.69) is 10.6 Å². The Hall–Kier alpha value is -3.42. The molecule has 4 rings (SSSR count). The third-order valence-electron chi connectivity index (χ3n) is 5.29. The normalized spacial score (nSPS) is 19.2. The summed E-state index contributed by atoms with van der Waals surface area (Å²) in [5, 5.41) is 7.03. The summed E-state index contributed by atoms with van der Waals surface area (Å²) in [6, 6.07) is 11.5. The Morgan fingerprint density at radius 1 is 1.10 bits per heavy atom. The molecule has 2 aliphatic heterocycles. The van der Waals surface area contributed by atoms with Gasteiger partial charge in [0.25, 0.3) is 5.91 Å². The summed E-state index contributed by atoms with van der Waals surface area (Å²) in [5.74, 6) is -0.686. The van der Waals surface area contributed by atoms with Gasteiger partial charge in [-0.3, -0.25) is 14.4 Å². The lowest BCUT2D eigenvalue weighted by Crippen LogP contribution is -2.39. The molecular formula is C21H22N4O4. The van der Waals surface area contributed by atoms with Crippen molar-refractivity contribution in [3.05, 3.63) is 42.5 Å². The number of urea groups is 1. The van der Waals surface area contributed by atoms with Crippen molar-refractivity contribution in [2.45, 2.75) is 25.3 Å². The molecule has 8 heteroatoms. The van der Waals surface area contributed by atoms with E-state index in [0.717, 1.165) is 22.1 Å². The SMILES string of the molecule is O=C(CC1NC(=O)N(c2cccc3ccccc23)C1=O)NCCN1CCCC1=O. The van der Waals surface area contributed by atoms with Crippen molar-refractivity contribution >= 4 is 40.2 Å². The van der Waals surface area contributed by atoms with E-state index < -0.39 is 18.0 Å². The van der Waals surface area contributed by atoms with Crippen molar-refractivity contribution in [1.29, 1.82) is 0 Å². The molecule has 0 radical (unpaired) electrons. The molecule has 8 nitrogen and oxygen atoms in total. The first-order chi connectivity index (χ1) is 14.0. The third kappa shape index (κ3) is 3.78. The molecule has 5 amide bonds. The second-order valence-electron chi connectivity index (χ2n) is 7.21. The first-order valence-corrected chi connectivity index (χ1v) is 9.71. The average molecular weight is 394 g/mol. The number of imide groups is 1. The highest BCUT2D eigenvalue weighted by Crippen LogP contribution is 2.29. The first-order valence-electron chi connectivity index (χ1n) is 9.71. The second kappa shape index (κ2) is 7.90. The molecule has 150 valence electrons. The molecular weight excluding hydrogens is 372 g/mol. The number of anilines is 1. The van der Waals surface area contributed by atoms with E-state index in [1.807, 2.05) is 30.3 Å². The number of hydrogen-bond donors (Lipinski definition) is 2. The van der Waals surface area contributed by atoms with Crippen LogP contribution in [0.15, 0.2) is 42.5 Å². The number of likely N-dealkylation sites (tertiary alicyclic amines) is 1. The Kier molecular flexibility index (Phi) is 5.16. The van der Waals surface area contributed by atoms with Gasteiger partial charge in [0.1, 0.15) is 6.04 Å². The average Bonchev–Trinajstić information content (AvgIpc) is 3.24. The lowest BCUT2D eigenvalue weighted by atomic mass is 10.1. The van der Waals surface area contributed by atoms with Gasteiger partial charge in [0.15, 0.2) is 0 Å². The second-order valence-corrected chi connectivity index (χ2v) is 7.21. The summed E-state index contributed by atoms with van der Waals surface area (Å²) >= 11 is 0. The van der Waals surface area contributed by atoms with Gasteiger partial charge in [-0.15, -0.1) is 0 Å². The Morgan fingerprint density at radius 3 is 2.69 bits per heavy atom. The molecule has 0 saturated carbocycles. The lowest BCUT2D eigenvalue weighted by Gasteiger charge is -2.16. The topological polar surface area (TPSA) is 98.8 Å². The Morgan fingerprint density at radius 2 is 1.90 bits per heavy atom. The smallest absolute Gasteiger partial charge is 0.329 e. The molecule has 0 aliphatic carbocycles. The molecule has 2 fully saturated rings. The molecule has 2 heterocycles. The molecule has 0 aromatic heterocycles. The van der Waals surface area contributed by atoms with Crippen LogP contribution in [-0.2, 0) is 14.4 Å². The van der Waals surface area contributed by atoms with Gasteiger partial charge in [0.05, 0.1) is 12.1 Å². The number of carbonyl (C=O) groups excluding carboxylic acids is 4. The summed E-state index contributed by atoms with van der Waals surface area (Å²) in [6.45, 7) is 1.50. The van der Waals surface area contributed by atoms with E-state index in [1.54, 1.807) is 17.0 Å². The molecule has 0 bridgehead atoms. The maximum absolute atomic E-state index is 12.8. The summed E-state index contributed by atoms with van der Waals surface area (Å²) in [5.41, 5.74) is 0.501. The molecule has 2 aliphatic rings. The predicted molar refractivity (Wildman–Crippen MR) is 107 cm³/mol. The number of hydrogen-bond acceptors (Lipinski definition) is 4. The number of benzene rings is 2. The van der Waals surface area contributed by atoms with E-state index in [-0.39, 0.29) is 18.2 Å². The minimum atomic E-state index is -0.908. The number of fused-ring (bicyclic) bond motifs is 1. The minimum absolute atomic E-state index is 0.100. The van der Waals surface area contributed by atoms with Crippen LogP contribution in [0.5, 0.6) is 0 Å². The highest BCUT2D eigenvalue weighted by Gasteiger charge is 2.40. The first kappa shape index (κ1) is 18.9. The van der Waals surface area contributed by atoms with Crippen LogP contribution in [0.2, 0.25) is 0 Å². The van der Waals surface area contributed by atoms with Gasteiger partial charge < -0.3 is 15.5 Å². The molecule has 2 aromatic carbocycles. The van der Waals surface area contributed by atoms with Gasteiger partial charge in [-0.25, -0.2) is 9.69 Å². The van der Waals surface area contributed by atoms with Gasteiger partial charge in [-0.2, -0.15) is 0 Å². The largest absolute Gasteiger partial charge is 0.354 e. The monoisotopic (exact) mass is 394 g/mol. The molecule has 1 atom stereocenters. The van der Waals surface area contributed by atoms with Crippen molar-refractivity contribution in [1.82, 2.24) is 15.5 Å². The summed E-state index contributed by atoms with van der Waals surface area (Å²) < 4.78 is 0. The van der Waals surface area contributed by atoms with Gasteiger partial charge in [0, 0.05) is 31.4 Å². The third-order valence-corrected chi connectivity index (χ3v) is 5.29. The molecule has 2 N–H and O–H groups in total. The number of carbonyl (C=O) groups is 4. The van der Waals surface area contributed by atoms with Crippen molar-refractivity contribution in [2.75, 3.05) is 24.5 Å². The van der Waals surface area contributed by atoms with Crippen molar-refractivity contribution < 1.29 is 19.2 Å². The van der Waals surface area contributed by atoms with Gasteiger partial charge >= 0.3 is 6.03 Å². The predicted octanol–water partition coefficient (Wildman–Crippen LogP) is 1.39. The maximum atomic E-state index is 12.8. The molecule has 1 unspecified atom stereocenters. The van der Waals surface area contributed by atoms with E-state index in [0.29, 0.717) is 31.7 Å². The van der Waals surface area contributed by atoms with Crippen LogP contribution in [0, 0.1) is 0 Å². The maximum Gasteiger partial charge on any atom is 0.329 e. The quantitative estimate of drug-likeness (QED) is 0.724.